The summed E-state index contributed by atoms with van der Waals surface area (Å²) in [7, 11) is 0. The number of rotatable bonds is 2. The molecule has 1 aromatic heterocycles. The fraction of sp³-hybridized carbons (Fsp3) is 0.308. The molecule has 0 saturated carbocycles. The Kier molecular flexibility index (Phi) is 2.58. The smallest absolute Gasteiger partial charge is 0.189 e. The fourth-order valence-electron chi connectivity index (χ4n) is 1.94. The number of hydrogen-bond donors (Lipinski definition) is 1. The lowest BCUT2D eigenvalue weighted by molar-refractivity contribution is 0.925. The average molecular weight is 201 g/mol. The second-order valence-electron chi connectivity index (χ2n) is 3.91. The lowest BCUT2D eigenvalue weighted by Gasteiger charge is -2.05. The van der Waals surface area contributed by atoms with Crippen molar-refractivity contribution < 1.29 is 0 Å². The molecule has 0 atom stereocenters. The van der Waals surface area contributed by atoms with Crippen molar-refractivity contribution in [3.05, 3.63) is 45.7 Å². The number of aryl methyl sites for hydroxylation is 2. The molecule has 15 heavy (non-hydrogen) atoms. The largest absolute Gasteiger partial charge is 0.358 e. The first-order valence-corrected chi connectivity index (χ1v) is 5.34. The van der Waals surface area contributed by atoms with Gasteiger partial charge in [-0.1, -0.05) is 25.5 Å². The number of H-pyrrole nitrogens is 1. The summed E-state index contributed by atoms with van der Waals surface area (Å²) in [6, 6.07) is 7.57. The van der Waals surface area contributed by atoms with Gasteiger partial charge in [0.15, 0.2) is 5.43 Å². The van der Waals surface area contributed by atoms with Crippen LogP contribution < -0.4 is 5.43 Å². The number of nitrogens with one attached hydrogen (secondary N) is 1. The Bertz CT molecular complexity index is 540. The van der Waals surface area contributed by atoms with Crippen LogP contribution in [-0.2, 0) is 6.42 Å². The molecule has 2 nitrogen and oxygen atoms in total. The molecule has 0 aliphatic rings. The molecule has 0 bridgehead atoms. The van der Waals surface area contributed by atoms with Gasteiger partial charge in [-0.2, -0.15) is 0 Å². The number of aromatic amines is 1. The van der Waals surface area contributed by atoms with Crippen molar-refractivity contribution in [1.29, 1.82) is 0 Å². The van der Waals surface area contributed by atoms with Gasteiger partial charge < -0.3 is 4.98 Å². The van der Waals surface area contributed by atoms with Crippen LogP contribution in [0.3, 0.4) is 0 Å². The van der Waals surface area contributed by atoms with Crippen LogP contribution in [0.1, 0.15) is 24.6 Å². The van der Waals surface area contributed by atoms with E-state index in [1.807, 2.05) is 19.1 Å². The third-order valence-electron chi connectivity index (χ3n) is 2.61. The molecular weight excluding hydrogens is 186 g/mol. The van der Waals surface area contributed by atoms with E-state index >= 15 is 0 Å². The zero-order valence-corrected chi connectivity index (χ0v) is 9.13. The minimum absolute atomic E-state index is 0.110. The fourth-order valence-corrected chi connectivity index (χ4v) is 1.94. The molecule has 2 heteroatoms. The predicted octanol–water partition coefficient (Wildman–Crippen LogP) is 2.79. The number of fused-ring (bicyclic) bond motifs is 1. The van der Waals surface area contributed by atoms with Crippen LogP contribution in [0, 0.1) is 6.92 Å². The van der Waals surface area contributed by atoms with E-state index < -0.39 is 0 Å². The Morgan fingerprint density at radius 2 is 2.13 bits per heavy atom. The van der Waals surface area contributed by atoms with Gasteiger partial charge in [0.2, 0.25) is 0 Å². The molecule has 0 saturated heterocycles. The van der Waals surface area contributed by atoms with Crippen LogP contribution in [0.4, 0.5) is 0 Å². The highest BCUT2D eigenvalue weighted by Gasteiger charge is 2.03. The lowest BCUT2D eigenvalue weighted by Crippen LogP contribution is -2.04. The topological polar surface area (TPSA) is 32.9 Å². The van der Waals surface area contributed by atoms with Crippen molar-refractivity contribution >= 4 is 10.9 Å². The van der Waals surface area contributed by atoms with Crippen molar-refractivity contribution in [1.82, 2.24) is 4.98 Å². The van der Waals surface area contributed by atoms with E-state index in [0.29, 0.717) is 0 Å². The van der Waals surface area contributed by atoms with Crippen molar-refractivity contribution in [3.8, 4) is 0 Å². The van der Waals surface area contributed by atoms with Crippen LogP contribution in [0.25, 0.3) is 10.9 Å². The van der Waals surface area contributed by atoms with Gasteiger partial charge in [-0.15, -0.1) is 0 Å². The number of pyridine rings is 1. The van der Waals surface area contributed by atoms with Gasteiger partial charge in [-0.3, -0.25) is 4.79 Å². The molecule has 0 spiro atoms. The highest BCUT2D eigenvalue weighted by atomic mass is 16.1. The molecule has 0 aliphatic heterocycles. The van der Waals surface area contributed by atoms with E-state index in [2.05, 4.69) is 18.0 Å². The molecule has 0 unspecified atom stereocenters. The molecule has 1 N–H and O–H groups in total. The first-order chi connectivity index (χ1) is 7.22. The van der Waals surface area contributed by atoms with Gasteiger partial charge in [0.05, 0.1) is 5.52 Å². The maximum atomic E-state index is 11.7. The third kappa shape index (κ3) is 1.80. The van der Waals surface area contributed by atoms with Crippen LogP contribution in [0.2, 0.25) is 0 Å². The summed E-state index contributed by atoms with van der Waals surface area (Å²) in [5.74, 6) is 0. The molecule has 78 valence electrons. The molecule has 0 amide bonds. The summed E-state index contributed by atoms with van der Waals surface area (Å²) in [6.07, 6.45) is 2.10. The quantitative estimate of drug-likeness (QED) is 0.796. The van der Waals surface area contributed by atoms with Gasteiger partial charge in [0, 0.05) is 17.1 Å². The number of aromatic nitrogens is 1. The highest BCUT2D eigenvalue weighted by Crippen LogP contribution is 2.15. The van der Waals surface area contributed by atoms with E-state index in [4.69, 9.17) is 0 Å². The van der Waals surface area contributed by atoms with Crippen LogP contribution in [0.5, 0.6) is 0 Å². The van der Waals surface area contributed by atoms with E-state index in [0.717, 1.165) is 29.4 Å². The summed E-state index contributed by atoms with van der Waals surface area (Å²) < 4.78 is 0. The minimum atomic E-state index is 0.110. The summed E-state index contributed by atoms with van der Waals surface area (Å²) in [6.45, 7) is 4.07. The second-order valence-corrected chi connectivity index (χ2v) is 3.91. The number of benzene rings is 1. The molecule has 2 rings (SSSR count). The van der Waals surface area contributed by atoms with E-state index in [9.17, 15) is 4.79 Å². The van der Waals surface area contributed by atoms with Gasteiger partial charge in [-0.05, 0) is 25.0 Å². The molecule has 0 fully saturated rings. The van der Waals surface area contributed by atoms with Gasteiger partial charge in [0.1, 0.15) is 0 Å². The summed E-state index contributed by atoms with van der Waals surface area (Å²) in [5.41, 5.74) is 3.27. The minimum Gasteiger partial charge on any atom is -0.358 e. The van der Waals surface area contributed by atoms with E-state index in [1.54, 1.807) is 6.07 Å². The first-order valence-electron chi connectivity index (χ1n) is 5.34. The molecule has 1 aromatic carbocycles. The zero-order chi connectivity index (χ0) is 10.8. The monoisotopic (exact) mass is 201 g/mol. The van der Waals surface area contributed by atoms with Crippen molar-refractivity contribution in [3.63, 3.8) is 0 Å². The summed E-state index contributed by atoms with van der Waals surface area (Å²) in [4.78, 5) is 15.0. The zero-order valence-electron chi connectivity index (χ0n) is 9.13. The maximum Gasteiger partial charge on any atom is 0.189 e. The van der Waals surface area contributed by atoms with E-state index in [-0.39, 0.29) is 5.43 Å². The molecular formula is C13H15NO. The molecule has 1 heterocycles. The third-order valence-corrected chi connectivity index (χ3v) is 2.61. The predicted molar refractivity (Wildman–Crippen MR) is 63.3 cm³/mol. The Hall–Kier alpha value is -1.57. The molecule has 0 aliphatic carbocycles. The Morgan fingerprint density at radius 1 is 1.33 bits per heavy atom. The number of para-hydroxylation sites is 1. The number of hydrogen-bond acceptors (Lipinski definition) is 1. The summed E-state index contributed by atoms with van der Waals surface area (Å²) >= 11 is 0. The maximum absolute atomic E-state index is 11.7. The average Bonchev–Trinajstić information content (AvgIpc) is 2.19. The van der Waals surface area contributed by atoms with E-state index in [1.165, 1.54) is 5.56 Å². The Morgan fingerprint density at radius 3 is 2.87 bits per heavy atom. The van der Waals surface area contributed by atoms with Crippen molar-refractivity contribution in [2.75, 3.05) is 0 Å². The second kappa shape index (κ2) is 3.89. The van der Waals surface area contributed by atoms with Crippen molar-refractivity contribution in [2.24, 2.45) is 0 Å². The standard InChI is InChI=1S/C13H15NO/c1-3-5-10-6-4-7-11-12(15)8-9(2)14-13(10)11/h4,6-8H,3,5H2,1-2H3,(H,14,15). The first kappa shape index (κ1) is 9.97. The lowest BCUT2D eigenvalue weighted by atomic mass is 10.1. The SMILES string of the molecule is CCCc1cccc2c(=O)cc(C)[nH]c12. The normalized spacial score (nSPS) is 10.8. The van der Waals surface area contributed by atoms with Crippen molar-refractivity contribution in [2.45, 2.75) is 26.7 Å². The van der Waals surface area contributed by atoms with Crippen LogP contribution >= 0.6 is 0 Å². The van der Waals surface area contributed by atoms with Crippen LogP contribution in [0.15, 0.2) is 29.1 Å². The summed E-state index contributed by atoms with van der Waals surface area (Å²) in [5, 5.41) is 0.798. The Balaban J connectivity index is 2.79. The van der Waals surface area contributed by atoms with Crippen LogP contribution in [-0.4, -0.2) is 4.98 Å². The van der Waals surface area contributed by atoms with Gasteiger partial charge in [-0.25, -0.2) is 0 Å². The van der Waals surface area contributed by atoms with Gasteiger partial charge >= 0.3 is 0 Å². The molecule has 0 radical (unpaired) electrons. The molecule has 2 aromatic rings. The van der Waals surface area contributed by atoms with Gasteiger partial charge in [0.25, 0.3) is 0 Å². The highest BCUT2D eigenvalue weighted by molar-refractivity contribution is 5.81. The Labute approximate surface area is 89.0 Å².